The second-order valence-corrected chi connectivity index (χ2v) is 11.2. The topological polar surface area (TPSA) is 77.9 Å². The largest absolute Gasteiger partial charge is 0.391 e. The fourth-order valence-corrected chi connectivity index (χ4v) is 6.00. The van der Waals surface area contributed by atoms with Crippen LogP contribution < -0.4 is 0 Å². The van der Waals surface area contributed by atoms with Gasteiger partial charge in [-0.3, -0.25) is 14.4 Å². The summed E-state index contributed by atoms with van der Waals surface area (Å²) in [7, 11) is 0. The molecule has 0 unspecified atom stereocenters. The maximum absolute atomic E-state index is 13.9. The van der Waals surface area contributed by atoms with Gasteiger partial charge in [0.05, 0.1) is 12.1 Å². The number of carbonyl (C=O) groups is 3. The molecule has 0 spiro atoms. The van der Waals surface area contributed by atoms with Crippen molar-refractivity contribution in [2.45, 2.75) is 64.3 Å². The van der Waals surface area contributed by atoms with Gasteiger partial charge in [0.15, 0.2) is 5.78 Å². The van der Waals surface area contributed by atoms with Gasteiger partial charge in [-0.25, -0.2) is 0 Å². The molecule has 0 aromatic heterocycles. The van der Waals surface area contributed by atoms with Crippen molar-refractivity contribution in [3.63, 3.8) is 0 Å². The first-order chi connectivity index (χ1) is 18.7. The van der Waals surface area contributed by atoms with Crippen molar-refractivity contribution < 1.29 is 19.5 Å². The average molecular weight is 525 g/mol. The van der Waals surface area contributed by atoms with Gasteiger partial charge >= 0.3 is 0 Å². The van der Waals surface area contributed by atoms with Crippen molar-refractivity contribution in [1.82, 2.24) is 9.80 Å². The van der Waals surface area contributed by atoms with E-state index < -0.39 is 18.2 Å². The minimum Gasteiger partial charge on any atom is -0.391 e. The van der Waals surface area contributed by atoms with Crippen molar-refractivity contribution in [2.75, 3.05) is 6.54 Å². The fourth-order valence-electron chi connectivity index (χ4n) is 6.00. The van der Waals surface area contributed by atoms with E-state index in [4.69, 9.17) is 0 Å². The normalized spacial score (nSPS) is 20.3. The molecule has 5 rings (SSSR count). The number of carbonyl (C=O) groups excluding carboxylic acids is 3. The minimum absolute atomic E-state index is 0.0347. The van der Waals surface area contributed by atoms with E-state index in [1.807, 2.05) is 57.2 Å². The van der Waals surface area contributed by atoms with Gasteiger partial charge in [-0.05, 0) is 40.2 Å². The van der Waals surface area contributed by atoms with E-state index in [0.717, 1.165) is 22.3 Å². The number of fused-ring (bicyclic) bond motifs is 1. The van der Waals surface area contributed by atoms with Crippen LogP contribution in [0.2, 0.25) is 0 Å². The smallest absolute Gasteiger partial charge is 0.255 e. The molecule has 4 atom stereocenters. The Bertz CT molecular complexity index is 1350. The standard InChI is InChI=1S/C33H36N2O4/c1-21(2)31(35-19-26-11-7-8-12-28(26)32(35)38)33(39)34-20-27(36)18-29(34)30(37)17-22(3)23-13-15-25(16-14-23)24-9-5-4-6-10-24/h4-16,21-22,27,29,31,36H,17-20H2,1-3H3/t22-,27-,29+,31+/m1/s1. The first-order valence-corrected chi connectivity index (χ1v) is 13.8. The molecule has 1 fully saturated rings. The van der Waals surface area contributed by atoms with E-state index in [0.29, 0.717) is 12.1 Å². The Kier molecular flexibility index (Phi) is 7.67. The number of aliphatic hydroxyl groups excluding tert-OH is 1. The second kappa shape index (κ2) is 11.1. The molecule has 0 saturated carbocycles. The molecule has 202 valence electrons. The summed E-state index contributed by atoms with van der Waals surface area (Å²) < 4.78 is 0. The van der Waals surface area contributed by atoms with Gasteiger partial charge in [-0.2, -0.15) is 0 Å². The molecule has 0 bridgehead atoms. The van der Waals surface area contributed by atoms with Gasteiger partial charge in [-0.1, -0.05) is 93.6 Å². The molecule has 3 aromatic carbocycles. The summed E-state index contributed by atoms with van der Waals surface area (Å²) in [6.07, 6.45) is -0.266. The highest BCUT2D eigenvalue weighted by molar-refractivity contribution is 6.02. The number of rotatable bonds is 8. The molecule has 1 saturated heterocycles. The van der Waals surface area contributed by atoms with E-state index in [2.05, 4.69) is 36.4 Å². The van der Waals surface area contributed by atoms with Crippen LogP contribution in [0.5, 0.6) is 0 Å². The highest BCUT2D eigenvalue weighted by atomic mass is 16.3. The second-order valence-electron chi connectivity index (χ2n) is 11.2. The lowest BCUT2D eigenvalue weighted by molar-refractivity contribution is -0.143. The van der Waals surface area contributed by atoms with Crippen LogP contribution in [0.3, 0.4) is 0 Å². The third-order valence-corrected chi connectivity index (χ3v) is 8.10. The van der Waals surface area contributed by atoms with Crippen molar-refractivity contribution in [1.29, 1.82) is 0 Å². The van der Waals surface area contributed by atoms with E-state index in [-0.39, 0.29) is 48.8 Å². The van der Waals surface area contributed by atoms with Crippen LogP contribution in [0.4, 0.5) is 0 Å². The number of β-amino-alcohol motifs (C(OH)–C–C–N with tert-alkyl or cyclic N) is 1. The summed E-state index contributed by atoms with van der Waals surface area (Å²) in [5.41, 5.74) is 4.84. The summed E-state index contributed by atoms with van der Waals surface area (Å²) in [6.45, 7) is 6.33. The zero-order valence-electron chi connectivity index (χ0n) is 22.8. The Hall–Kier alpha value is -3.77. The zero-order valence-corrected chi connectivity index (χ0v) is 22.8. The molecule has 6 heteroatoms. The quantitative estimate of drug-likeness (QED) is 0.447. The van der Waals surface area contributed by atoms with E-state index in [1.54, 1.807) is 11.0 Å². The number of hydrogen-bond acceptors (Lipinski definition) is 4. The van der Waals surface area contributed by atoms with Gasteiger partial charge in [0.2, 0.25) is 5.91 Å². The lowest BCUT2D eigenvalue weighted by Crippen LogP contribution is -2.54. The number of aliphatic hydroxyl groups is 1. The molecule has 2 amide bonds. The molecule has 3 aromatic rings. The van der Waals surface area contributed by atoms with Gasteiger partial charge in [-0.15, -0.1) is 0 Å². The number of Topliss-reactive ketones (excluding diaryl/α,β-unsaturated/α-hetero) is 1. The number of ketones is 1. The van der Waals surface area contributed by atoms with Gasteiger partial charge in [0.1, 0.15) is 6.04 Å². The molecule has 1 N–H and O–H groups in total. The van der Waals surface area contributed by atoms with Gasteiger partial charge in [0.25, 0.3) is 5.91 Å². The third kappa shape index (κ3) is 5.39. The minimum atomic E-state index is -0.761. The Balaban J connectivity index is 1.30. The van der Waals surface area contributed by atoms with Crippen LogP contribution in [0.15, 0.2) is 78.9 Å². The summed E-state index contributed by atoms with van der Waals surface area (Å²) in [5, 5.41) is 10.5. The van der Waals surface area contributed by atoms with Crippen LogP contribution in [0, 0.1) is 5.92 Å². The molecule has 0 aliphatic carbocycles. The SMILES string of the molecule is CC(C)[C@@H](C(=O)N1C[C@H](O)C[C@H]1C(=O)C[C@@H](C)c1ccc(-c2ccccc2)cc1)N1Cc2ccccc2C1=O. The summed E-state index contributed by atoms with van der Waals surface area (Å²) >= 11 is 0. The Labute approximate surface area is 230 Å². The van der Waals surface area contributed by atoms with Crippen LogP contribution in [0.25, 0.3) is 11.1 Å². The molecular formula is C33H36N2O4. The summed E-state index contributed by atoms with van der Waals surface area (Å²) in [4.78, 5) is 43.8. The maximum atomic E-state index is 13.9. The van der Waals surface area contributed by atoms with Crippen LogP contribution in [0.1, 0.15) is 61.0 Å². The number of amides is 2. The van der Waals surface area contributed by atoms with Crippen LogP contribution in [-0.2, 0) is 16.1 Å². The number of nitrogens with zero attached hydrogens (tertiary/aromatic N) is 2. The van der Waals surface area contributed by atoms with Gasteiger partial charge in [0, 0.05) is 31.5 Å². The predicted molar refractivity (Wildman–Crippen MR) is 151 cm³/mol. The molecular weight excluding hydrogens is 488 g/mol. The predicted octanol–water partition coefficient (Wildman–Crippen LogP) is 5.06. The van der Waals surface area contributed by atoms with E-state index in [9.17, 15) is 19.5 Å². The first kappa shape index (κ1) is 26.8. The highest BCUT2D eigenvalue weighted by Crippen LogP contribution is 2.32. The Morgan fingerprint density at radius 1 is 0.897 bits per heavy atom. The summed E-state index contributed by atoms with van der Waals surface area (Å²) in [5.74, 6) is -0.661. The molecule has 2 aliphatic rings. The molecule has 2 heterocycles. The van der Waals surface area contributed by atoms with Crippen molar-refractivity contribution in [3.05, 3.63) is 95.6 Å². The maximum Gasteiger partial charge on any atom is 0.255 e. The number of benzene rings is 3. The monoisotopic (exact) mass is 524 g/mol. The number of hydrogen-bond donors (Lipinski definition) is 1. The van der Waals surface area contributed by atoms with Crippen molar-refractivity contribution in [2.24, 2.45) is 5.92 Å². The van der Waals surface area contributed by atoms with Crippen molar-refractivity contribution >= 4 is 17.6 Å². The molecule has 6 nitrogen and oxygen atoms in total. The first-order valence-electron chi connectivity index (χ1n) is 13.8. The third-order valence-electron chi connectivity index (χ3n) is 8.10. The van der Waals surface area contributed by atoms with Crippen LogP contribution >= 0.6 is 0 Å². The average Bonchev–Trinajstić information content (AvgIpc) is 3.49. The van der Waals surface area contributed by atoms with Crippen molar-refractivity contribution in [3.8, 4) is 11.1 Å². The lowest BCUT2D eigenvalue weighted by atomic mass is 9.91. The molecule has 39 heavy (non-hydrogen) atoms. The summed E-state index contributed by atoms with van der Waals surface area (Å²) in [6, 6.07) is 24.4. The molecule has 2 aliphatic heterocycles. The van der Waals surface area contributed by atoms with E-state index >= 15 is 0 Å². The van der Waals surface area contributed by atoms with Gasteiger partial charge < -0.3 is 14.9 Å². The fraction of sp³-hybridized carbons (Fsp3) is 0.364. The highest BCUT2D eigenvalue weighted by Gasteiger charge is 2.45. The number of likely N-dealkylation sites (tertiary alicyclic amines) is 1. The van der Waals surface area contributed by atoms with Crippen LogP contribution in [-0.4, -0.2) is 57.2 Å². The Morgan fingerprint density at radius 3 is 2.21 bits per heavy atom. The zero-order chi connectivity index (χ0) is 27.7. The Morgan fingerprint density at radius 2 is 1.54 bits per heavy atom. The lowest BCUT2D eigenvalue weighted by Gasteiger charge is -2.35. The van der Waals surface area contributed by atoms with E-state index in [1.165, 1.54) is 4.90 Å². The molecule has 0 radical (unpaired) electrons.